The fraction of sp³-hybridized carbons (Fsp3) is 0.381. The molecule has 2 heterocycles. The zero-order valence-corrected chi connectivity index (χ0v) is 17.0. The number of benzene rings is 1. The third kappa shape index (κ3) is 3.51. The summed E-state index contributed by atoms with van der Waals surface area (Å²) in [5.74, 6) is -3.12. The average Bonchev–Trinajstić information content (AvgIpc) is 2.91. The number of hydrogen-bond donors (Lipinski definition) is 2. The predicted molar refractivity (Wildman–Crippen MR) is 104 cm³/mol. The summed E-state index contributed by atoms with van der Waals surface area (Å²) in [4.78, 5) is 31.3. The van der Waals surface area contributed by atoms with Gasteiger partial charge < -0.3 is 15.1 Å². The fourth-order valence-electron chi connectivity index (χ4n) is 3.98. The average molecular weight is 453 g/mol. The number of hydrogen-bond acceptors (Lipinski definition) is 5. The van der Waals surface area contributed by atoms with Crippen LogP contribution in [0.1, 0.15) is 22.4 Å². The van der Waals surface area contributed by atoms with Crippen LogP contribution in [-0.4, -0.2) is 52.3 Å². The van der Waals surface area contributed by atoms with Crippen molar-refractivity contribution < 1.29 is 37.4 Å². The molecule has 1 aliphatic heterocycles. The number of alkyl halides is 3. The van der Waals surface area contributed by atoms with Gasteiger partial charge in [-0.3, -0.25) is 14.5 Å². The van der Waals surface area contributed by atoms with Gasteiger partial charge in [0.25, 0.3) is 11.8 Å². The molecular weight excluding hydrogens is 434 g/mol. The van der Waals surface area contributed by atoms with Gasteiger partial charge in [-0.25, -0.2) is 9.37 Å². The maximum Gasteiger partial charge on any atom is 0.416 e. The van der Waals surface area contributed by atoms with E-state index in [4.69, 9.17) is 0 Å². The Labute approximate surface area is 179 Å². The number of halogens is 4. The minimum Gasteiger partial charge on any atom is -0.387 e. The maximum absolute atomic E-state index is 14.2. The number of carbonyl (C=O) groups excluding carboxylic acids is 2. The molecule has 11 heteroatoms. The molecule has 1 aromatic carbocycles. The molecule has 1 aromatic heterocycles. The summed E-state index contributed by atoms with van der Waals surface area (Å²) in [6.45, 7) is 1.28. The van der Waals surface area contributed by atoms with Crippen molar-refractivity contribution in [1.29, 1.82) is 0 Å². The lowest BCUT2D eigenvalue weighted by Gasteiger charge is -2.30. The number of aryl methyl sites for hydroxylation is 2. The number of carbonyl (C=O) groups is 2. The summed E-state index contributed by atoms with van der Waals surface area (Å²) in [6, 6.07) is 2.31. The summed E-state index contributed by atoms with van der Waals surface area (Å²) < 4.78 is 54.0. The smallest absolute Gasteiger partial charge is 0.387 e. The van der Waals surface area contributed by atoms with Crippen LogP contribution in [-0.2, 0) is 28.6 Å². The van der Waals surface area contributed by atoms with E-state index in [2.05, 4.69) is 4.98 Å². The highest BCUT2D eigenvalue weighted by Crippen LogP contribution is 2.35. The van der Waals surface area contributed by atoms with Crippen LogP contribution in [0, 0.1) is 12.7 Å². The van der Waals surface area contributed by atoms with Crippen molar-refractivity contribution in [1.82, 2.24) is 4.98 Å². The first-order valence-electron chi connectivity index (χ1n) is 9.74. The van der Waals surface area contributed by atoms with E-state index in [1.165, 1.54) is 14.0 Å². The van der Waals surface area contributed by atoms with E-state index >= 15 is 0 Å². The molecular formula is C21H19F4N3O4. The first-order valence-corrected chi connectivity index (χ1v) is 9.74. The Hall–Kier alpha value is -3.05. The molecule has 3 unspecified atom stereocenters. The van der Waals surface area contributed by atoms with Crippen LogP contribution in [0.4, 0.5) is 29.1 Å². The van der Waals surface area contributed by atoms with Crippen LogP contribution in [0.3, 0.4) is 0 Å². The molecule has 0 radical (unpaired) electrons. The first kappa shape index (κ1) is 22.2. The largest absolute Gasteiger partial charge is 0.416 e. The Morgan fingerprint density at radius 3 is 2.44 bits per heavy atom. The predicted octanol–water partition coefficient (Wildman–Crippen LogP) is 1.75. The quantitative estimate of drug-likeness (QED) is 0.691. The first-order chi connectivity index (χ1) is 14.9. The molecule has 4 rings (SSSR count). The monoisotopic (exact) mass is 453 g/mol. The molecule has 2 aromatic rings. The molecule has 7 nitrogen and oxygen atoms in total. The molecule has 2 aliphatic rings. The number of anilines is 2. The van der Waals surface area contributed by atoms with Crippen LogP contribution in [0.25, 0.3) is 0 Å². The Morgan fingerprint density at radius 1 is 1.19 bits per heavy atom. The highest BCUT2D eigenvalue weighted by Gasteiger charge is 2.52. The summed E-state index contributed by atoms with van der Waals surface area (Å²) >= 11 is 0. The van der Waals surface area contributed by atoms with Gasteiger partial charge in [0, 0.05) is 18.4 Å². The molecule has 32 heavy (non-hydrogen) atoms. The second-order valence-corrected chi connectivity index (χ2v) is 7.90. The summed E-state index contributed by atoms with van der Waals surface area (Å²) in [6.07, 6.45) is -7.50. The third-order valence-electron chi connectivity index (χ3n) is 5.82. The number of aliphatic hydroxyl groups excluding tert-OH is 2. The molecule has 0 saturated carbocycles. The van der Waals surface area contributed by atoms with Crippen LogP contribution in [0.5, 0.6) is 0 Å². The van der Waals surface area contributed by atoms with Crippen molar-refractivity contribution in [2.24, 2.45) is 0 Å². The Kier molecular flexibility index (Phi) is 5.21. The van der Waals surface area contributed by atoms with Crippen molar-refractivity contribution in [3.63, 3.8) is 0 Å². The molecule has 1 saturated heterocycles. The summed E-state index contributed by atoms with van der Waals surface area (Å²) in [7, 11) is 1.28. The molecule has 0 spiro atoms. The normalized spacial score (nSPS) is 22.6. The third-order valence-corrected chi connectivity index (χ3v) is 5.82. The lowest BCUT2D eigenvalue weighted by Crippen LogP contribution is -2.50. The van der Waals surface area contributed by atoms with Gasteiger partial charge in [0.1, 0.15) is 23.8 Å². The fourth-order valence-corrected chi connectivity index (χ4v) is 3.98. The minimum absolute atomic E-state index is 0.0810. The van der Waals surface area contributed by atoms with E-state index in [-0.39, 0.29) is 11.4 Å². The maximum atomic E-state index is 14.2. The number of pyridine rings is 1. The second-order valence-electron chi connectivity index (χ2n) is 7.90. The van der Waals surface area contributed by atoms with Crippen molar-refractivity contribution in [3.8, 4) is 0 Å². The van der Waals surface area contributed by atoms with E-state index in [0.29, 0.717) is 29.4 Å². The van der Waals surface area contributed by atoms with Crippen LogP contribution in [0.15, 0.2) is 24.3 Å². The van der Waals surface area contributed by atoms with Gasteiger partial charge >= 0.3 is 6.18 Å². The number of aromatic nitrogens is 1. The zero-order valence-electron chi connectivity index (χ0n) is 17.0. The lowest BCUT2D eigenvalue weighted by atomic mass is 9.87. The van der Waals surface area contributed by atoms with Crippen molar-refractivity contribution in [2.45, 2.75) is 44.2 Å². The van der Waals surface area contributed by atoms with Gasteiger partial charge in [-0.1, -0.05) is 0 Å². The Morgan fingerprint density at radius 2 is 1.88 bits per heavy atom. The molecule has 170 valence electrons. The van der Waals surface area contributed by atoms with Gasteiger partial charge in [0.2, 0.25) is 0 Å². The minimum atomic E-state index is -4.75. The Bertz CT molecular complexity index is 1100. The Balaban J connectivity index is 1.74. The number of aliphatic hydroxyl groups is 2. The number of nitrogens with zero attached hydrogens (tertiary/aromatic N) is 3. The molecule has 2 amide bonds. The van der Waals surface area contributed by atoms with Gasteiger partial charge in [-0.2, -0.15) is 13.2 Å². The second kappa shape index (κ2) is 7.52. The number of fused-ring (bicyclic) bond motifs is 1. The van der Waals surface area contributed by atoms with E-state index < -0.39 is 53.4 Å². The van der Waals surface area contributed by atoms with E-state index in [0.717, 1.165) is 22.6 Å². The zero-order chi connectivity index (χ0) is 23.5. The van der Waals surface area contributed by atoms with Gasteiger partial charge in [0.05, 0.1) is 5.56 Å². The molecule has 3 atom stereocenters. The highest BCUT2D eigenvalue weighted by atomic mass is 19.4. The highest BCUT2D eigenvalue weighted by molar-refractivity contribution is 6.10. The lowest BCUT2D eigenvalue weighted by molar-refractivity contribution is -0.137. The topological polar surface area (TPSA) is 94.0 Å². The van der Waals surface area contributed by atoms with Crippen LogP contribution >= 0.6 is 0 Å². The van der Waals surface area contributed by atoms with Crippen LogP contribution in [0.2, 0.25) is 0 Å². The van der Waals surface area contributed by atoms with E-state index in [1.807, 2.05) is 0 Å². The molecule has 0 bridgehead atoms. The van der Waals surface area contributed by atoms with E-state index in [1.54, 1.807) is 6.07 Å². The van der Waals surface area contributed by atoms with Gasteiger partial charge in [-0.05, 0) is 55.2 Å². The number of likely N-dealkylation sites (N-methyl/N-ethyl adjacent to an activating group) is 1. The summed E-state index contributed by atoms with van der Waals surface area (Å²) in [5, 5.41) is 20.5. The molecule has 1 aliphatic carbocycles. The van der Waals surface area contributed by atoms with Crippen LogP contribution < -0.4 is 9.80 Å². The molecule has 2 N–H and O–H groups in total. The van der Waals surface area contributed by atoms with Gasteiger partial charge in [0.15, 0.2) is 6.10 Å². The number of rotatable bonds is 3. The van der Waals surface area contributed by atoms with Crippen molar-refractivity contribution in [2.75, 3.05) is 16.8 Å². The standard InChI is InChI=1S/C21H19F4N3O4/c1-9-5-11(21(23,24)25)7-15(26-9)28-16(17(29)18(30)20(28)32)19(31)27(2)12-6-10-3-4-13(10)14(22)8-12/h5-8,16-18,29-30H,3-4H2,1-2H3. The summed E-state index contributed by atoms with van der Waals surface area (Å²) in [5.41, 5.74) is 0.233. The van der Waals surface area contributed by atoms with Gasteiger partial charge in [-0.15, -0.1) is 0 Å². The van der Waals surface area contributed by atoms with Crippen molar-refractivity contribution in [3.05, 3.63) is 52.5 Å². The SMILES string of the molecule is Cc1cc(C(F)(F)F)cc(N2C(=O)C(O)C(O)C2C(=O)N(C)c2cc(F)c3c(c2)CC3)n1. The van der Waals surface area contributed by atoms with E-state index in [9.17, 15) is 37.4 Å². The number of amides is 2. The molecule has 1 fully saturated rings. The van der Waals surface area contributed by atoms with Crippen molar-refractivity contribution >= 4 is 23.3 Å².